The predicted octanol–water partition coefficient (Wildman–Crippen LogP) is 2.96. The van der Waals surface area contributed by atoms with Crippen molar-refractivity contribution in [1.29, 1.82) is 0 Å². The van der Waals surface area contributed by atoms with Gasteiger partial charge in [-0.1, -0.05) is 19.1 Å². The van der Waals surface area contributed by atoms with E-state index in [1.807, 2.05) is 38.1 Å². The van der Waals surface area contributed by atoms with Crippen LogP contribution in [0.2, 0.25) is 0 Å². The fraction of sp³-hybridized carbons (Fsp3) is 0.600. The molecule has 21 heavy (non-hydrogen) atoms. The van der Waals surface area contributed by atoms with Gasteiger partial charge in [-0.05, 0) is 43.7 Å². The van der Waals surface area contributed by atoms with E-state index in [0.29, 0.717) is 13.0 Å². The standard InChI is InChI=1S/C15H23NO3S2/c1-4-20-14-7-5-13(6-8-14)11(2)16-21(17,18)15-9-10-19-12(15)3/h5-8,11-12,15-16H,4,9-10H2,1-3H3. The molecule has 0 radical (unpaired) electrons. The van der Waals surface area contributed by atoms with Gasteiger partial charge in [0.15, 0.2) is 0 Å². The van der Waals surface area contributed by atoms with E-state index in [9.17, 15) is 8.42 Å². The van der Waals surface area contributed by atoms with Gasteiger partial charge in [0.2, 0.25) is 10.0 Å². The second kappa shape index (κ2) is 7.13. The summed E-state index contributed by atoms with van der Waals surface area (Å²) in [6.07, 6.45) is 0.327. The highest BCUT2D eigenvalue weighted by Gasteiger charge is 2.36. The van der Waals surface area contributed by atoms with Crippen molar-refractivity contribution >= 4 is 21.8 Å². The average molecular weight is 329 g/mol. The van der Waals surface area contributed by atoms with Gasteiger partial charge in [-0.15, -0.1) is 11.8 Å². The summed E-state index contributed by atoms with van der Waals surface area (Å²) < 4.78 is 32.9. The minimum absolute atomic E-state index is 0.233. The molecule has 1 fully saturated rings. The van der Waals surface area contributed by atoms with Gasteiger partial charge in [0.25, 0.3) is 0 Å². The minimum Gasteiger partial charge on any atom is -0.377 e. The van der Waals surface area contributed by atoms with Gasteiger partial charge in [-0.2, -0.15) is 0 Å². The van der Waals surface area contributed by atoms with E-state index in [2.05, 4.69) is 11.6 Å². The number of rotatable bonds is 6. The molecule has 118 valence electrons. The first-order chi connectivity index (χ1) is 9.94. The number of hydrogen-bond acceptors (Lipinski definition) is 4. The molecule has 0 saturated carbocycles. The molecule has 1 saturated heterocycles. The van der Waals surface area contributed by atoms with Crippen LogP contribution >= 0.6 is 11.8 Å². The molecule has 1 aromatic carbocycles. The largest absolute Gasteiger partial charge is 0.377 e. The molecule has 3 unspecified atom stereocenters. The topological polar surface area (TPSA) is 55.4 Å². The molecule has 1 heterocycles. The van der Waals surface area contributed by atoms with Gasteiger partial charge < -0.3 is 4.74 Å². The summed E-state index contributed by atoms with van der Waals surface area (Å²) in [5.41, 5.74) is 0.977. The molecule has 4 nitrogen and oxygen atoms in total. The van der Waals surface area contributed by atoms with Gasteiger partial charge in [-0.3, -0.25) is 0 Å². The Labute approximate surface area is 131 Å². The van der Waals surface area contributed by atoms with E-state index in [-0.39, 0.29) is 12.1 Å². The molecule has 1 aliphatic rings. The third kappa shape index (κ3) is 4.22. The monoisotopic (exact) mass is 329 g/mol. The van der Waals surface area contributed by atoms with Gasteiger partial charge in [0.1, 0.15) is 5.25 Å². The summed E-state index contributed by atoms with van der Waals surface area (Å²) in [5, 5.41) is -0.449. The van der Waals surface area contributed by atoms with Gasteiger partial charge >= 0.3 is 0 Å². The Morgan fingerprint density at radius 2 is 2.05 bits per heavy atom. The van der Waals surface area contributed by atoms with E-state index in [4.69, 9.17) is 4.74 Å². The van der Waals surface area contributed by atoms with Crippen LogP contribution in [0.1, 0.15) is 38.8 Å². The van der Waals surface area contributed by atoms with Gasteiger partial charge in [0, 0.05) is 17.5 Å². The fourth-order valence-corrected chi connectivity index (χ4v) is 5.00. The lowest BCUT2D eigenvalue weighted by molar-refractivity contribution is 0.126. The first-order valence-corrected chi connectivity index (χ1v) is 9.82. The molecular weight excluding hydrogens is 306 g/mol. The first-order valence-electron chi connectivity index (χ1n) is 7.29. The molecular formula is C15H23NO3S2. The smallest absolute Gasteiger partial charge is 0.217 e. The molecule has 1 aliphatic heterocycles. The Hall–Kier alpha value is -0.560. The van der Waals surface area contributed by atoms with Crippen LogP contribution in [0.4, 0.5) is 0 Å². The summed E-state index contributed by atoms with van der Waals surface area (Å²) in [5.74, 6) is 1.03. The van der Waals surface area contributed by atoms with E-state index in [1.54, 1.807) is 11.8 Å². The molecule has 1 aromatic rings. The second-order valence-electron chi connectivity index (χ2n) is 5.29. The molecule has 3 atom stereocenters. The highest BCUT2D eigenvalue weighted by molar-refractivity contribution is 7.99. The number of benzene rings is 1. The highest BCUT2D eigenvalue weighted by atomic mass is 32.2. The van der Waals surface area contributed by atoms with Crippen LogP contribution in [0.3, 0.4) is 0 Å². The van der Waals surface area contributed by atoms with Crippen molar-refractivity contribution in [3.05, 3.63) is 29.8 Å². The average Bonchev–Trinajstić information content (AvgIpc) is 2.86. The molecule has 1 N–H and O–H groups in total. The number of nitrogens with one attached hydrogen (secondary N) is 1. The summed E-state index contributed by atoms with van der Waals surface area (Å²) in [6, 6.07) is 7.81. The molecule has 6 heteroatoms. The maximum Gasteiger partial charge on any atom is 0.217 e. The van der Waals surface area contributed by atoms with E-state index in [1.165, 1.54) is 4.90 Å². The maximum absolute atomic E-state index is 12.4. The number of ether oxygens (including phenoxy) is 1. The summed E-state index contributed by atoms with van der Waals surface area (Å²) in [7, 11) is -3.36. The minimum atomic E-state index is -3.36. The third-order valence-corrected chi connectivity index (χ3v) is 6.73. The Kier molecular flexibility index (Phi) is 5.71. The first kappa shape index (κ1) is 16.8. The molecule has 2 rings (SSSR count). The van der Waals surface area contributed by atoms with Crippen LogP contribution in [-0.4, -0.2) is 32.1 Å². The summed E-state index contributed by atoms with van der Waals surface area (Å²) >= 11 is 1.77. The van der Waals surface area contributed by atoms with Crippen LogP contribution < -0.4 is 4.72 Å². The van der Waals surface area contributed by atoms with Crippen molar-refractivity contribution in [2.24, 2.45) is 0 Å². The number of thioether (sulfide) groups is 1. The Balaban J connectivity index is 2.04. The van der Waals surface area contributed by atoms with E-state index >= 15 is 0 Å². The predicted molar refractivity (Wildman–Crippen MR) is 87.1 cm³/mol. The zero-order valence-corrected chi connectivity index (χ0v) is 14.3. The van der Waals surface area contributed by atoms with Crippen molar-refractivity contribution in [3.8, 4) is 0 Å². The zero-order valence-electron chi connectivity index (χ0n) is 12.7. The van der Waals surface area contributed by atoms with Crippen molar-refractivity contribution in [1.82, 2.24) is 4.72 Å². The van der Waals surface area contributed by atoms with Crippen molar-refractivity contribution < 1.29 is 13.2 Å². The Morgan fingerprint density at radius 3 is 2.57 bits per heavy atom. The highest BCUT2D eigenvalue weighted by Crippen LogP contribution is 2.24. The Morgan fingerprint density at radius 1 is 1.38 bits per heavy atom. The lowest BCUT2D eigenvalue weighted by Gasteiger charge is -2.20. The van der Waals surface area contributed by atoms with E-state index in [0.717, 1.165) is 11.3 Å². The molecule has 0 bridgehead atoms. The quantitative estimate of drug-likeness (QED) is 0.815. The summed E-state index contributed by atoms with van der Waals surface area (Å²) in [4.78, 5) is 1.20. The van der Waals surface area contributed by atoms with Crippen LogP contribution in [0, 0.1) is 0 Å². The molecule has 0 spiro atoms. The molecule has 0 aliphatic carbocycles. The summed E-state index contributed by atoms with van der Waals surface area (Å²) in [6.45, 7) is 6.32. The fourth-order valence-electron chi connectivity index (χ4n) is 2.54. The third-order valence-electron chi connectivity index (χ3n) is 3.74. The molecule has 0 aromatic heterocycles. The van der Waals surface area contributed by atoms with Gasteiger partial charge in [0.05, 0.1) is 6.10 Å². The molecule has 0 amide bonds. The number of sulfonamides is 1. The maximum atomic E-state index is 12.4. The van der Waals surface area contributed by atoms with Crippen LogP contribution in [-0.2, 0) is 14.8 Å². The normalized spacial score (nSPS) is 24.1. The van der Waals surface area contributed by atoms with Crippen LogP contribution in [0.15, 0.2) is 29.2 Å². The van der Waals surface area contributed by atoms with Gasteiger partial charge in [-0.25, -0.2) is 13.1 Å². The Bertz CT molecular complexity index is 557. The van der Waals surface area contributed by atoms with Crippen LogP contribution in [0.5, 0.6) is 0 Å². The van der Waals surface area contributed by atoms with E-state index < -0.39 is 15.3 Å². The zero-order chi connectivity index (χ0) is 15.5. The van der Waals surface area contributed by atoms with Crippen LogP contribution in [0.25, 0.3) is 0 Å². The SMILES string of the molecule is CCSc1ccc(C(C)NS(=O)(=O)C2CCOC2C)cc1. The number of hydrogen-bond donors (Lipinski definition) is 1. The van der Waals surface area contributed by atoms with Crippen molar-refractivity contribution in [3.63, 3.8) is 0 Å². The lowest BCUT2D eigenvalue weighted by atomic mass is 10.1. The lowest BCUT2D eigenvalue weighted by Crippen LogP contribution is -2.39. The second-order valence-corrected chi connectivity index (χ2v) is 8.56. The van der Waals surface area contributed by atoms with Crippen molar-refractivity contribution in [2.75, 3.05) is 12.4 Å². The van der Waals surface area contributed by atoms with Crippen molar-refractivity contribution in [2.45, 2.75) is 49.5 Å².